The van der Waals surface area contributed by atoms with Crippen LogP contribution in [0.5, 0.6) is 0 Å². The number of sulfonamides is 1. The fraction of sp³-hybridized carbons (Fsp3) is 0.0909. The van der Waals surface area contributed by atoms with Gasteiger partial charge < -0.3 is 10.6 Å². The Morgan fingerprint density at radius 1 is 0.909 bits per heavy atom. The fourth-order valence-electron chi connectivity index (χ4n) is 2.81. The van der Waals surface area contributed by atoms with Gasteiger partial charge in [0, 0.05) is 12.6 Å². The number of hydrogen-bond acceptors (Lipinski definition) is 4. The van der Waals surface area contributed by atoms with Crippen molar-refractivity contribution in [3.8, 4) is 0 Å². The molecule has 3 rings (SSSR count). The van der Waals surface area contributed by atoms with E-state index in [4.69, 9.17) is 0 Å². The van der Waals surface area contributed by atoms with Crippen molar-refractivity contribution in [2.45, 2.75) is 4.90 Å². The number of anilines is 2. The Balaban J connectivity index is 1.68. The van der Waals surface area contributed by atoms with E-state index in [1.54, 1.807) is 30.3 Å². The molecule has 0 radical (unpaired) electrons. The normalized spacial score (nSPS) is 11.0. The van der Waals surface area contributed by atoms with Gasteiger partial charge in [0.2, 0.25) is 5.91 Å². The Kier molecular flexibility index (Phi) is 7.02. The Hall–Kier alpha value is -3.86. The molecule has 33 heavy (non-hydrogen) atoms. The van der Waals surface area contributed by atoms with Gasteiger partial charge in [-0.2, -0.15) is 0 Å². The number of nitrogens with one attached hydrogen (secondary N) is 2. The van der Waals surface area contributed by atoms with Gasteiger partial charge in [0.25, 0.3) is 15.9 Å². The zero-order valence-electron chi connectivity index (χ0n) is 17.2. The van der Waals surface area contributed by atoms with Crippen molar-refractivity contribution in [3.63, 3.8) is 0 Å². The summed E-state index contributed by atoms with van der Waals surface area (Å²) in [4.78, 5) is 24.2. The number of para-hydroxylation sites is 1. The predicted molar refractivity (Wildman–Crippen MR) is 116 cm³/mol. The molecule has 0 heterocycles. The van der Waals surface area contributed by atoms with Gasteiger partial charge in [0.05, 0.1) is 22.8 Å². The molecule has 0 unspecified atom stereocenters. The zero-order valence-corrected chi connectivity index (χ0v) is 18.0. The van der Waals surface area contributed by atoms with Crippen molar-refractivity contribution in [2.24, 2.45) is 0 Å². The lowest BCUT2D eigenvalue weighted by atomic mass is 10.2. The number of carbonyl (C=O) groups excluding carboxylic acids is 2. The third kappa shape index (κ3) is 5.32. The van der Waals surface area contributed by atoms with Crippen molar-refractivity contribution in [1.29, 1.82) is 0 Å². The molecular formula is C22H18F3N3O4S. The minimum absolute atomic E-state index is 0.0376. The fourth-order valence-corrected chi connectivity index (χ4v) is 4.05. The van der Waals surface area contributed by atoms with Crippen molar-refractivity contribution in [2.75, 3.05) is 23.2 Å². The Morgan fingerprint density at radius 2 is 1.61 bits per heavy atom. The van der Waals surface area contributed by atoms with Crippen LogP contribution in [-0.2, 0) is 14.8 Å². The maximum Gasteiger partial charge on any atom is 0.264 e. The van der Waals surface area contributed by atoms with Crippen molar-refractivity contribution in [1.82, 2.24) is 5.32 Å². The summed E-state index contributed by atoms with van der Waals surface area (Å²) in [6, 6.07) is 15.0. The standard InChI is InChI=1S/C22H18F3N3O4S/c1-28(15-7-3-2-4-8-15)33(31,32)16-9-5-6-14(12-16)22(30)26-13-19(29)27-18-11-10-17(23)20(24)21(18)25/h2-12H,13H2,1H3,(H,26,30)(H,27,29). The summed E-state index contributed by atoms with van der Waals surface area (Å²) in [5.74, 6) is -6.40. The summed E-state index contributed by atoms with van der Waals surface area (Å²) in [6.07, 6.45) is 0. The molecule has 0 fully saturated rings. The lowest BCUT2D eigenvalue weighted by Crippen LogP contribution is -2.33. The SMILES string of the molecule is CN(c1ccccc1)S(=O)(=O)c1cccc(C(=O)NCC(=O)Nc2ccc(F)c(F)c2F)c1. The number of benzene rings is 3. The number of rotatable bonds is 7. The van der Waals surface area contributed by atoms with Gasteiger partial charge >= 0.3 is 0 Å². The van der Waals surface area contributed by atoms with E-state index in [9.17, 15) is 31.2 Å². The summed E-state index contributed by atoms with van der Waals surface area (Å²) in [7, 11) is -2.59. The van der Waals surface area contributed by atoms with Crippen LogP contribution in [0, 0.1) is 17.5 Å². The summed E-state index contributed by atoms with van der Waals surface area (Å²) < 4.78 is 66.7. The Labute approximate surface area is 187 Å². The largest absolute Gasteiger partial charge is 0.343 e. The molecule has 0 saturated carbocycles. The van der Waals surface area contributed by atoms with Gasteiger partial charge in [-0.15, -0.1) is 0 Å². The molecule has 0 saturated heterocycles. The summed E-state index contributed by atoms with van der Waals surface area (Å²) in [6.45, 7) is -0.627. The van der Waals surface area contributed by atoms with Crippen LogP contribution in [0.1, 0.15) is 10.4 Å². The lowest BCUT2D eigenvalue weighted by Gasteiger charge is -2.19. The van der Waals surface area contributed by atoms with Crippen LogP contribution in [0.15, 0.2) is 71.6 Å². The molecule has 0 aromatic heterocycles. The van der Waals surface area contributed by atoms with Crippen molar-refractivity contribution in [3.05, 3.63) is 89.7 Å². The molecule has 2 N–H and O–H groups in total. The molecule has 7 nitrogen and oxygen atoms in total. The molecular weight excluding hydrogens is 459 g/mol. The first kappa shape index (κ1) is 23.8. The molecule has 11 heteroatoms. The van der Waals surface area contributed by atoms with Crippen LogP contribution in [0.2, 0.25) is 0 Å². The molecule has 0 aliphatic rings. The third-order valence-corrected chi connectivity index (χ3v) is 6.37. The van der Waals surface area contributed by atoms with E-state index in [-0.39, 0.29) is 10.5 Å². The quantitative estimate of drug-likeness (QED) is 0.511. The molecule has 3 aromatic carbocycles. The van der Waals surface area contributed by atoms with Crippen LogP contribution in [0.4, 0.5) is 24.5 Å². The number of amides is 2. The smallest absolute Gasteiger partial charge is 0.264 e. The maximum absolute atomic E-state index is 13.7. The topological polar surface area (TPSA) is 95.6 Å². The van der Waals surface area contributed by atoms with Crippen LogP contribution in [0.3, 0.4) is 0 Å². The monoisotopic (exact) mass is 477 g/mol. The van der Waals surface area contributed by atoms with E-state index in [0.29, 0.717) is 11.8 Å². The van der Waals surface area contributed by atoms with E-state index >= 15 is 0 Å². The number of carbonyl (C=O) groups is 2. The first-order chi connectivity index (χ1) is 15.6. The molecule has 2 amide bonds. The van der Waals surface area contributed by atoms with Gasteiger partial charge in [-0.1, -0.05) is 24.3 Å². The van der Waals surface area contributed by atoms with Gasteiger partial charge in [-0.3, -0.25) is 13.9 Å². The van der Waals surface area contributed by atoms with E-state index < -0.39 is 51.5 Å². The highest BCUT2D eigenvalue weighted by molar-refractivity contribution is 7.92. The average Bonchev–Trinajstić information content (AvgIpc) is 2.83. The molecule has 0 bridgehead atoms. The van der Waals surface area contributed by atoms with Crippen molar-refractivity contribution >= 4 is 33.2 Å². The Bertz CT molecular complexity index is 1300. The van der Waals surface area contributed by atoms with Gasteiger partial charge in [-0.05, 0) is 42.5 Å². The summed E-state index contributed by atoms with van der Waals surface area (Å²) in [5.41, 5.74) is -0.206. The second-order valence-electron chi connectivity index (χ2n) is 6.79. The highest BCUT2D eigenvalue weighted by Gasteiger charge is 2.22. The number of nitrogens with zero attached hydrogens (tertiary/aromatic N) is 1. The third-order valence-electron chi connectivity index (χ3n) is 4.59. The number of hydrogen-bond donors (Lipinski definition) is 2. The maximum atomic E-state index is 13.7. The van der Waals surface area contributed by atoms with Crippen LogP contribution < -0.4 is 14.9 Å². The van der Waals surface area contributed by atoms with Crippen LogP contribution in [-0.4, -0.2) is 33.8 Å². The van der Waals surface area contributed by atoms with E-state index in [2.05, 4.69) is 5.32 Å². The molecule has 0 aliphatic carbocycles. The summed E-state index contributed by atoms with van der Waals surface area (Å²) >= 11 is 0. The highest BCUT2D eigenvalue weighted by Crippen LogP contribution is 2.22. The van der Waals surface area contributed by atoms with E-state index in [1.165, 1.54) is 25.2 Å². The second kappa shape index (κ2) is 9.74. The summed E-state index contributed by atoms with van der Waals surface area (Å²) in [5, 5.41) is 4.27. The second-order valence-corrected chi connectivity index (χ2v) is 8.76. The number of halogens is 3. The predicted octanol–water partition coefficient (Wildman–Crippen LogP) is 3.30. The van der Waals surface area contributed by atoms with Gasteiger partial charge in [0.15, 0.2) is 17.5 Å². The van der Waals surface area contributed by atoms with Crippen LogP contribution >= 0.6 is 0 Å². The molecule has 0 atom stereocenters. The molecule has 0 aliphatic heterocycles. The highest BCUT2D eigenvalue weighted by atomic mass is 32.2. The van der Waals surface area contributed by atoms with Crippen LogP contribution in [0.25, 0.3) is 0 Å². The zero-order chi connectivity index (χ0) is 24.2. The Morgan fingerprint density at radius 3 is 2.30 bits per heavy atom. The van der Waals surface area contributed by atoms with E-state index in [1.807, 2.05) is 5.32 Å². The molecule has 0 spiro atoms. The minimum atomic E-state index is -3.97. The molecule has 172 valence electrons. The lowest BCUT2D eigenvalue weighted by molar-refractivity contribution is -0.115. The van der Waals surface area contributed by atoms with E-state index in [0.717, 1.165) is 16.4 Å². The first-order valence-corrected chi connectivity index (χ1v) is 10.9. The molecule has 3 aromatic rings. The van der Waals surface area contributed by atoms with Gasteiger partial charge in [0.1, 0.15) is 0 Å². The minimum Gasteiger partial charge on any atom is -0.343 e. The first-order valence-electron chi connectivity index (χ1n) is 9.47. The van der Waals surface area contributed by atoms with Crippen molar-refractivity contribution < 1.29 is 31.2 Å². The average molecular weight is 477 g/mol. The van der Waals surface area contributed by atoms with Gasteiger partial charge in [-0.25, -0.2) is 21.6 Å².